The number of sulfonamides is 1. The van der Waals surface area contributed by atoms with Gasteiger partial charge in [0, 0.05) is 12.6 Å². The number of hydrogen-bond donors (Lipinski definition) is 1. The molecule has 0 bridgehead atoms. The third-order valence-electron chi connectivity index (χ3n) is 7.55. The highest BCUT2D eigenvalue weighted by Crippen LogP contribution is 2.31. The standard InChI is InChI=1S/C31H35Cl2N3O4S/c1-21-12-15-27(16-13-21)41(39,40)36(26-14-17-28(32)29(33)18-26)20-30(37)35(19-24-9-5-4-8-22(24)2)23(3)31(38)34-25-10-6-7-11-25/h4-5,8-9,12-18,23,25H,6-7,10-11,19-20H2,1-3H3,(H,34,38). The summed E-state index contributed by atoms with van der Waals surface area (Å²) in [7, 11) is -4.19. The molecule has 1 unspecified atom stereocenters. The molecule has 0 aromatic heterocycles. The second-order valence-electron chi connectivity index (χ2n) is 10.5. The molecule has 1 fully saturated rings. The van der Waals surface area contributed by atoms with Crippen molar-refractivity contribution < 1.29 is 18.0 Å². The number of halogens is 2. The molecule has 218 valence electrons. The molecule has 3 aromatic rings. The molecule has 0 spiro atoms. The molecule has 3 aromatic carbocycles. The SMILES string of the molecule is Cc1ccc(S(=O)(=O)N(CC(=O)N(Cc2ccccc2C)C(C)C(=O)NC2CCCC2)c2ccc(Cl)c(Cl)c2)cc1. The van der Waals surface area contributed by atoms with Crippen molar-refractivity contribution in [3.05, 3.63) is 93.5 Å². The minimum Gasteiger partial charge on any atom is -0.352 e. The molecular formula is C31H35Cl2N3O4S. The summed E-state index contributed by atoms with van der Waals surface area (Å²) < 4.78 is 28.9. The first-order valence-corrected chi connectivity index (χ1v) is 15.9. The molecule has 4 rings (SSSR count). The van der Waals surface area contributed by atoms with E-state index in [9.17, 15) is 18.0 Å². The average Bonchev–Trinajstić information content (AvgIpc) is 3.45. The van der Waals surface area contributed by atoms with Gasteiger partial charge in [0.15, 0.2) is 0 Å². The van der Waals surface area contributed by atoms with Gasteiger partial charge in [0.05, 0.1) is 20.6 Å². The number of carbonyl (C=O) groups is 2. The molecule has 1 atom stereocenters. The first-order chi connectivity index (χ1) is 19.5. The van der Waals surface area contributed by atoms with Gasteiger partial charge in [-0.2, -0.15) is 0 Å². The van der Waals surface area contributed by atoms with Crippen LogP contribution < -0.4 is 9.62 Å². The van der Waals surface area contributed by atoms with Crippen molar-refractivity contribution in [2.75, 3.05) is 10.8 Å². The second kappa shape index (κ2) is 13.3. The number of amides is 2. The van der Waals surface area contributed by atoms with E-state index in [4.69, 9.17) is 23.2 Å². The number of rotatable bonds is 10. The summed E-state index contributed by atoms with van der Waals surface area (Å²) in [5, 5.41) is 3.49. The van der Waals surface area contributed by atoms with Crippen LogP contribution in [0, 0.1) is 13.8 Å². The van der Waals surface area contributed by atoms with Gasteiger partial charge in [-0.25, -0.2) is 8.42 Å². The Labute approximate surface area is 252 Å². The third-order valence-corrected chi connectivity index (χ3v) is 10.1. The number of carbonyl (C=O) groups excluding carboxylic acids is 2. The van der Waals surface area contributed by atoms with E-state index in [0.717, 1.165) is 46.7 Å². The molecule has 2 amide bonds. The van der Waals surface area contributed by atoms with E-state index in [0.29, 0.717) is 0 Å². The molecule has 1 N–H and O–H groups in total. The quantitative estimate of drug-likeness (QED) is 0.291. The maximum Gasteiger partial charge on any atom is 0.264 e. The number of benzene rings is 3. The predicted octanol–water partition coefficient (Wildman–Crippen LogP) is 6.28. The minimum atomic E-state index is -4.19. The van der Waals surface area contributed by atoms with Crippen LogP contribution in [0.3, 0.4) is 0 Å². The van der Waals surface area contributed by atoms with Crippen LogP contribution >= 0.6 is 23.2 Å². The van der Waals surface area contributed by atoms with E-state index >= 15 is 0 Å². The van der Waals surface area contributed by atoms with E-state index in [2.05, 4.69) is 5.32 Å². The molecule has 0 heterocycles. The number of nitrogens with zero attached hydrogens (tertiary/aromatic N) is 2. The van der Waals surface area contributed by atoms with Gasteiger partial charge in [-0.1, -0.05) is 78.0 Å². The van der Waals surface area contributed by atoms with Gasteiger partial charge in [-0.3, -0.25) is 13.9 Å². The van der Waals surface area contributed by atoms with E-state index in [1.165, 1.54) is 35.2 Å². The lowest BCUT2D eigenvalue weighted by Gasteiger charge is -2.33. The Morgan fingerprint density at radius 1 is 0.951 bits per heavy atom. The van der Waals surface area contributed by atoms with E-state index < -0.39 is 28.5 Å². The Balaban J connectivity index is 1.71. The Bertz CT molecular complexity index is 1510. The van der Waals surface area contributed by atoms with Crippen molar-refractivity contribution in [3.63, 3.8) is 0 Å². The van der Waals surface area contributed by atoms with Gasteiger partial charge in [-0.05, 0) is 75.1 Å². The second-order valence-corrected chi connectivity index (χ2v) is 13.2. The molecule has 0 aliphatic heterocycles. The van der Waals surface area contributed by atoms with Crippen LogP contribution in [-0.2, 0) is 26.2 Å². The third kappa shape index (κ3) is 7.42. The molecule has 0 saturated heterocycles. The first kappa shape index (κ1) is 30.9. The zero-order chi connectivity index (χ0) is 29.7. The summed E-state index contributed by atoms with van der Waals surface area (Å²) in [6.45, 7) is 5.08. The summed E-state index contributed by atoms with van der Waals surface area (Å²) in [6.07, 6.45) is 3.93. The number of anilines is 1. The molecule has 1 aliphatic carbocycles. The first-order valence-electron chi connectivity index (χ1n) is 13.7. The normalized spacial score (nSPS) is 14.5. The highest BCUT2D eigenvalue weighted by Gasteiger charge is 2.33. The fourth-order valence-corrected chi connectivity index (χ4v) is 6.65. The van der Waals surface area contributed by atoms with Gasteiger partial charge in [0.2, 0.25) is 11.8 Å². The smallest absolute Gasteiger partial charge is 0.264 e. The van der Waals surface area contributed by atoms with Crippen molar-refractivity contribution >= 4 is 50.7 Å². The van der Waals surface area contributed by atoms with Crippen molar-refractivity contribution in [1.29, 1.82) is 0 Å². The van der Waals surface area contributed by atoms with Gasteiger partial charge in [-0.15, -0.1) is 0 Å². The monoisotopic (exact) mass is 615 g/mol. The zero-order valence-corrected chi connectivity index (χ0v) is 25.8. The molecule has 10 heteroatoms. The van der Waals surface area contributed by atoms with Crippen molar-refractivity contribution in [1.82, 2.24) is 10.2 Å². The maximum absolute atomic E-state index is 14.1. The molecule has 0 radical (unpaired) electrons. The number of aryl methyl sites for hydroxylation is 2. The van der Waals surface area contributed by atoms with E-state index in [-0.39, 0.29) is 39.1 Å². The number of nitrogens with one attached hydrogen (secondary N) is 1. The highest BCUT2D eigenvalue weighted by atomic mass is 35.5. The summed E-state index contributed by atoms with van der Waals surface area (Å²) >= 11 is 12.4. The fraction of sp³-hybridized carbons (Fsp3) is 0.355. The largest absolute Gasteiger partial charge is 0.352 e. The lowest BCUT2D eigenvalue weighted by molar-refractivity contribution is -0.139. The summed E-state index contributed by atoms with van der Waals surface area (Å²) in [5.41, 5.74) is 2.91. The number of hydrogen-bond acceptors (Lipinski definition) is 4. The highest BCUT2D eigenvalue weighted by molar-refractivity contribution is 7.92. The van der Waals surface area contributed by atoms with Crippen LogP contribution in [0.5, 0.6) is 0 Å². The van der Waals surface area contributed by atoms with E-state index in [1.807, 2.05) is 38.1 Å². The molecule has 1 aliphatic rings. The Hall–Kier alpha value is -3.07. The van der Waals surface area contributed by atoms with Gasteiger partial charge >= 0.3 is 0 Å². The van der Waals surface area contributed by atoms with Crippen molar-refractivity contribution in [2.24, 2.45) is 0 Å². The minimum absolute atomic E-state index is 0.0273. The van der Waals surface area contributed by atoms with Crippen molar-refractivity contribution in [2.45, 2.75) is 70.0 Å². The summed E-state index contributed by atoms with van der Waals surface area (Å²) in [5.74, 6) is -0.787. The Morgan fingerprint density at radius 3 is 2.24 bits per heavy atom. The molecule has 41 heavy (non-hydrogen) atoms. The molecule has 7 nitrogen and oxygen atoms in total. The maximum atomic E-state index is 14.1. The fourth-order valence-electron chi connectivity index (χ4n) is 4.95. The van der Waals surface area contributed by atoms with Crippen LogP contribution in [-0.4, -0.2) is 43.8 Å². The molecule has 1 saturated carbocycles. The topological polar surface area (TPSA) is 86.8 Å². The van der Waals surface area contributed by atoms with Crippen LogP contribution in [0.25, 0.3) is 0 Å². The van der Waals surface area contributed by atoms with Gasteiger partial charge in [0.25, 0.3) is 10.0 Å². The van der Waals surface area contributed by atoms with Crippen LogP contribution in [0.2, 0.25) is 10.0 Å². The van der Waals surface area contributed by atoms with Crippen LogP contribution in [0.4, 0.5) is 5.69 Å². The van der Waals surface area contributed by atoms with Gasteiger partial charge in [0.1, 0.15) is 12.6 Å². The Kier molecular flexibility index (Phi) is 10.00. The van der Waals surface area contributed by atoms with E-state index in [1.54, 1.807) is 19.1 Å². The lowest BCUT2D eigenvalue weighted by atomic mass is 10.1. The lowest BCUT2D eigenvalue weighted by Crippen LogP contribution is -2.52. The van der Waals surface area contributed by atoms with Gasteiger partial charge < -0.3 is 10.2 Å². The average molecular weight is 617 g/mol. The summed E-state index contributed by atoms with van der Waals surface area (Å²) in [6, 6.07) is 17.7. The van der Waals surface area contributed by atoms with Crippen LogP contribution in [0.1, 0.15) is 49.3 Å². The van der Waals surface area contributed by atoms with Crippen molar-refractivity contribution in [3.8, 4) is 0 Å². The zero-order valence-electron chi connectivity index (χ0n) is 23.4. The summed E-state index contributed by atoms with van der Waals surface area (Å²) in [4.78, 5) is 28.9. The predicted molar refractivity (Wildman–Crippen MR) is 164 cm³/mol. The molecular weight excluding hydrogens is 581 g/mol. The Morgan fingerprint density at radius 2 is 1.61 bits per heavy atom. The van der Waals surface area contributed by atoms with Crippen LogP contribution in [0.15, 0.2) is 71.6 Å².